The van der Waals surface area contributed by atoms with E-state index in [-0.39, 0.29) is 18.0 Å². The van der Waals surface area contributed by atoms with Crippen molar-refractivity contribution in [2.24, 2.45) is 5.92 Å². The number of pyridine rings is 1. The highest BCUT2D eigenvalue weighted by molar-refractivity contribution is 5.89. The fourth-order valence-electron chi connectivity index (χ4n) is 2.72. The maximum absolute atomic E-state index is 12.4. The summed E-state index contributed by atoms with van der Waals surface area (Å²) in [4.78, 5) is 20.8. The Hall–Kier alpha value is -2.48. The normalized spacial score (nSPS) is 16.6. The molecule has 1 saturated heterocycles. The summed E-state index contributed by atoms with van der Waals surface area (Å²) in [5.74, 6) is 1.17. The van der Waals surface area contributed by atoms with E-state index in [1.165, 1.54) is 0 Å². The van der Waals surface area contributed by atoms with Gasteiger partial charge in [0.05, 0.1) is 11.9 Å². The minimum absolute atomic E-state index is 0.195. The van der Waals surface area contributed by atoms with Crippen LogP contribution in [0.4, 0.5) is 10.5 Å². The predicted molar refractivity (Wildman–Crippen MR) is 86.4 cm³/mol. The third-order valence-electron chi connectivity index (χ3n) is 4.00. The number of aromatic nitrogens is 3. The van der Waals surface area contributed by atoms with Crippen LogP contribution in [0.15, 0.2) is 22.9 Å². The number of ether oxygens (including phenoxy) is 1. The number of urea groups is 1. The van der Waals surface area contributed by atoms with E-state index in [1.54, 1.807) is 13.1 Å². The number of amides is 2. The first-order chi connectivity index (χ1) is 11.6. The second-order valence-electron chi connectivity index (χ2n) is 5.89. The molecule has 0 spiro atoms. The van der Waals surface area contributed by atoms with E-state index in [1.807, 2.05) is 19.1 Å². The Morgan fingerprint density at radius 3 is 2.71 bits per heavy atom. The summed E-state index contributed by atoms with van der Waals surface area (Å²) in [6.45, 7) is 4.98. The van der Waals surface area contributed by atoms with Crippen molar-refractivity contribution in [1.82, 2.24) is 20.4 Å². The Balaban J connectivity index is 1.70. The van der Waals surface area contributed by atoms with Gasteiger partial charge in [-0.2, -0.15) is 4.98 Å². The zero-order chi connectivity index (χ0) is 16.9. The number of rotatable bonds is 4. The number of hydrogen-bond donors (Lipinski definition) is 2. The van der Waals surface area contributed by atoms with Crippen LogP contribution in [0.1, 0.15) is 36.3 Å². The molecule has 128 valence electrons. The van der Waals surface area contributed by atoms with Crippen LogP contribution in [0.3, 0.4) is 0 Å². The Kier molecular flexibility index (Phi) is 5.05. The number of nitrogens with zero attached hydrogens (tertiary/aromatic N) is 3. The third kappa shape index (κ3) is 4.08. The van der Waals surface area contributed by atoms with E-state index in [2.05, 4.69) is 25.8 Å². The average molecular weight is 331 g/mol. The zero-order valence-electron chi connectivity index (χ0n) is 13.8. The molecule has 2 aromatic rings. The van der Waals surface area contributed by atoms with E-state index in [4.69, 9.17) is 9.26 Å². The van der Waals surface area contributed by atoms with Crippen LogP contribution in [0.2, 0.25) is 0 Å². The molecule has 0 bridgehead atoms. The highest BCUT2D eigenvalue weighted by Crippen LogP contribution is 2.29. The smallest absolute Gasteiger partial charge is 0.319 e. The van der Waals surface area contributed by atoms with Gasteiger partial charge in [-0.15, -0.1) is 0 Å². The molecule has 2 N–H and O–H groups in total. The van der Waals surface area contributed by atoms with Crippen LogP contribution in [0, 0.1) is 19.8 Å². The molecule has 0 saturated carbocycles. The van der Waals surface area contributed by atoms with Crippen molar-refractivity contribution in [1.29, 1.82) is 0 Å². The highest BCUT2D eigenvalue weighted by atomic mass is 16.5. The largest absolute Gasteiger partial charge is 0.381 e. The minimum atomic E-state index is -0.339. The van der Waals surface area contributed by atoms with E-state index in [0.29, 0.717) is 30.6 Å². The molecular weight excluding hydrogens is 310 g/mol. The molecule has 3 rings (SSSR count). The molecule has 0 aliphatic carbocycles. The quantitative estimate of drug-likeness (QED) is 0.892. The lowest BCUT2D eigenvalue weighted by Gasteiger charge is -2.28. The maximum atomic E-state index is 12.4. The number of hydrogen-bond acceptors (Lipinski definition) is 6. The summed E-state index contributed by atoms with van der Waals surface area (Å²) in [7, 11) is 0. The van der Waals surface area contributed by atoms with E-state index < -0.39 is 0 Å². The average Bonchev–Trinajstić information content (AvgIpc) is 3.02. The van der Waals surface area contributed by atoms with Gasteiger partial charge in [-0.25, -0.2) is 4.79 Å². The van der Waals surface area contributed by atoms with Crippen molar-refractivity contribution in [3.05, 3.63) is 35.7 Å². The third-order valence-corrected chi connectivity index (χ3v) is 4.00. The van der Waals surface area contributed by atoms with Gasteiger partial charge in [0, 0.05) is 18.9 Å². The van der Waals surface area contributed by atoms with Gasteiger partial charge in [0.25, 0.3) is 0 Å². The van der Waals surface area contributed by atoms with E-state index in [9.17, 15) is 4.79 Å². The minimum Gasteiger partial charge on any atom is -0.381 e. The van der Waals surface area contributed by atoms with Crippen LogP contribution >= 0.6 is 0 Å². The van der Waals surface area contributed by atoms with Crippen molar-refractivity contribution in [3.8, 4) is 0 Å². The van der Waals surface area contributed by atoms with Crippen LogP contribution in [0.25, 0.3) is 0 Å². The molecule has 0 aromatic carbocycles. The molecule has 8 nitrogen and oxygen atoms in total. The molecule has 2 amide bonds. The molecule has 1 aliphatic heterocycles. The van der Waals surface area contributed by atoms with Gasteiger partial charge in [-0.1, -0.05) is 5.16 Å². The fraction of sp³-hybridized carbons (Fsp3) is 0.500. The molecule has 0 unspecified atom stereocenters. The summed E-state index contributed by atoms with van der Waals surface area (Å²) >= 11 is 0. The SMILES string of the molecule is Cc1ccc(NC(=O)N[C@@H](c2nc(C)no2)C2CCOCC2)cn1. The fourth-order valence-corrected chi connectivity index (χ4v) is 2.72. The topological polar surface area (TPSA) is 102 Å². The number of anilines is 1. The molecular formula is C16H21N5O3. The van der Waals surface area contributed by atoms with Gasteiger partial charge in [0.2, 0.25) is 5.89 Å². The first kappa shape index (κ1) is 16.4. The van der Waals surface area contributed by atoms with Crippen LogP contribution in [-0.2, 0) is 4.74 Å². The zero-order valence-corrected chi connectivity index (χ0v) is 13.8. The molecule has 2 aromatic heterocycles. The summed E-state index contributed by atoms with van der Waals surface area (Å²) in [5.41, 5.74) is 1.52. The van der Waals surface area contributed by atoms with Crippen molar-refractivity contribution in [2.75, 3.05) is 18.5 Å². The molecule has 8 heteroatoms. The Labute approximate surface area is 140 Å². The molecule has 1 aliphatic rings. The molecule has 1 fully saturated rings. The lowest BCUT2D eigenvalue weighted by Crippen LogP contribution is -2.38. The number of nitrogens with one attached hydrogen (secondary N) is 2. The number of carbonyl (C=O) groups excluding carboxylic acids is 1. The van der Waals surface area contributed by atoms with Crippen molar-refractivity contribution in [2.45, 2.75) is 32.7 Å². The Morgan fingerprint density at radius 2 is 2.08 bits per heavy atom. The van der Waals surface area contributed by atoms with Crippen molar-refractivity contribution in [3.63, 3.8) is 0 Å². The van der Waals surface area contributed by atoms with E-state index >= 15 is 0 Å². The number of aryl methyl sites for hydroxylation is 2. The first-order valence-corrected chi connectivity index (χ1v) is 8.00. The monoisotopic (exact) mass is 331 g/mol. The Bertz CT molecular complexity index is 679. The first-order valence-electron chi connectivity index (χ1n) is 8.00. The van der Waals surface area contributed by atoms with Crippen molar-refractivity contribution >= 4 is 11.7 Å². The summed E-state index contributed by atoms with van der Waals surface area (Å²) in [6.07, 6.45) is 3.28. The maximum Gasteiger partial charge on any atom is 0.319 e. The summed E-state index contributed by atoms with van der Waals surface area (Å²) in [5, 5.41) is 9.57. The van der Waals surface area contributed by atoms with Gasteiger partial charge in [0.15, 0.2) is 5.82 Å². The second kappa shape index (κ2) is 7.39. The second-order valence-corrected chi connectivity index (χ2v) is 5.89. The van der Waals surface area contributed by atoms with Crippen LogP contribution in [-0.4, -0.2) is 34.4 Å². The molecule has 1 atom stereocenters. The molecule has 24 heavy (non-hydrogen) atoms. The standard InChI is InChI=1S/C16H21N5O3/c1-10-3-4-13(9-17-10)19-16(22)20-14(12-5-7-23-8-6-12)15-18-11(2)21-24-15/h3-4,9,12,14H,5-8H2,1-2H3,(H2,19,20,22)/t14-/m1/s1. The van der Waals surface area contributed by atoms with E-state index in [0.717, 1.165) is 18.5 Å². The van der Waals surface area contributed by atoms with Crippen LogP contribution < -0.4 is 10.6 Å². The highest BCUT2D eigenvalue weighted by Gasteiger charge is 2.31. The lowest BCUT2D eigenvalue weighted by atomic mass is 9.91. The molecule has 0 radical (unpaired) electrons. The van der Waals surface area contributed by atoms with Gasteiger partial charge in [-0.3, -0.25) is 4.98 Å². The predicted octanol–water partition coefficient (Wildman–Crippen LogP) is 2.37. The van der Waals surface area contributed by atoms with Gasteiger partial charge >= 0.3 is 6.03 Å². The van der Waals surface area contributed by atoms with Gasteiger partial charge < -0.3 is 19.9 Å². The van der Waals surface area contributed by atoms with Gasteiger partial charge in [-0.05, 0) is 44.7 Å². The van der Waals surface area contributed by atoms with Crippen LogP contribution in [0.5, 0.6) is 0 Å². The Morgan fingerprint density at radius 1 is 1.29 bits per heavy atom. The summed E-state index contributed by atoms with van der Waals surface area (Å²) < 4.78 is 10.7. The summed E-state index contributed by atoms with van der Waals surface area (Å²) in [6, 6.07) is 2.98. The molecule has 3 heterocycles. The van der Waals surface area contributed by atoms with Crippen molar-refractivity contribution < 1.29 is 14.1 Å². The number of carbonyl (C=O) groups is 1. The van der Waals surface area contributed by atoms with Gasteiger partial charge in [0.1, 0.15) is 6.04 Å². The lowest BCUT2D eigenvalue weighted by molar-refractivity contribution is 0.0506.